The quantitative estimate of drug-likeness (QED) is 0.249. The molecule has 1 saturated heterocycles. The van der Waals surface area contributed by atoms with Gasteiger partial charge in [0, 0.05) is 11.8 Å². The lowest BCUT2D eigenvalue weighted by molar-refractivity contribution is -0.140. The zero-order valence-corrected chi connectivity index (χ0v) is 24.9. The summed E-state index contributed by atoms with van der Waals surface area (Å²) < 4.78 is 14.8. The highest BCUT2D eigenvalue weighted by atomic mass is 16.6. The predicted molar refractivity (Wildman–Crippen MR) is 165 cm³/mol. The van der Waals surface area contributed by atoms with Crippen LogP contribution in [0.25, 0.3) is 0 Å². The lowest BCUT2D eigenvalue weighted by Gasteiger charge is -2.45. The van der Waals surface area contributed by atoms with Crippen molar-refractivity contribution in [3.05, 3.63) is 131 Å². The van der Waals surface area contributed by atoms with E-state index in [1.165, 1.54) is 11.1 Å². The van der Waals surface area contributed by atoms with Crippen molar-refractivity contribution in [1.29, 1.82) is 0 Å². The van der Waals surface area contributed by atoms with Gasteiger partial charge >= 0.3 is 0 Å². The summed E-state index contributed by atoms with van der Waals surface area (Å²) in [6, 6.07) is 32.0. The second kappa shape index (κ2) is 11.4. The fourth-order valence-corrected chi connectivity index (χ4v) is 7.92. The number of aliphatic hydroxyl groups is 1. The van der Waals surface area contributed by atoms with Crippen molar-refractivity contribution in [2.24, 2.45) is 17.8 Å². The number of fused-ring (bicyclic) bond motifs is 5. The van der Waals surface area contributed by atoms with Gasteiger partial charge in [-0.1, -0.05) is 114 Å². The molecule has 0 amide bonds. The molecule has 6 rings (SSSR count). The third-order valence-electron chi connectivity index (χ3n) is 9.82. The predicted octanol–water partition coefficient (Wildman–Crippen LogP) is 8.23. The van der Waals surface area contributed by atoms with Gasteiger partial charge in [-0.15, -0.1) is 0 Å². The van der Waals surface area contributed by atoms with Crippen molar-refractivity contribution in [2.45, 2.75) is 82.9 Å². The lowest BCUT2D eigenvalue weighted by atomic mass is 9.63. The minimum absolute atomic E-state index is 0.0893. The first-order chi connectivity index (χ1) is 19.8. The van der Waals surface area contributed by atoms with Gasteiger partial charge in [0.1, 0.15) is 5.60 Å². The molecule has 41 heavy (non-hydrogen) atoms. The van der Waals surface area contributed by atoms with Gasteiger partial charge in [0.2, 0.25) is 0 Å². The van der Waals surface area contributed by atoms with E-state index < -0.39 is 11.2 Å². The number of ether oxygens (including phenoxy) is 2. The highest BCUT2D eigenvalue weighted by Gasteiger charge is 2.56. The summed E-state index contributed by atoms with van der Waals surface area (Å²) >= 11 is 0. The van der Waals surface area contributed by atoms with Gasteiger partial charge in [-0.2, -0.15) is 0 Å². The van der Waals surface area contributed by atoms with E-state index in [2.05, 4.69) is 117 Å². The Balaban J connectivity index is 1.53. The second-order valence-electron chi connectivity index (χ2n) is 13.0. The molecular formula is C38H44O3. The van der Waals surface area contributed by atoms with Crippen molar-refractivity contribution in [1.82, 2.24) is 0 Å². The van der Waals surface area contributed by atoms with Gasteiger partial charge in [-0.25, -0.2) is 0 Å². The number of allylic oxidation sites excluding steroid dienone is 2. The van der Waals surface area contributed by atoms with Crippen LogP contribution >= 0.6 is 0 Å². The monoisotopic (exact) mass is 548 g/mol. The van der Waals surface area contributed by atoms with E-state index in [4.69, 9.17) is 9.47 Å². The van der Waals surface area contributed by atoms with E-state index in [9.17, 15) is 5.11 Å². The van der Waals surface area contributed by atoms with Crippen molar-refractivity contribution in [3.8, 4) is 0 Å². The van der Waals surface area contributed by atoms with Crippen LogP contribution in [0, 0.1) is 17.8 Å². The standard InChI is InChI=1S/C38H44O3/c1-26-15-14-22-32(36-35-31(37(3,4)39)24-23-27(2)34(35)33(25-26)40-36)41-38(28-16-8-5-9-17-28,29-18-10-6-11-19-29)30-20-12-7-13-21-30/h5-13,15-21,23,31-36,39H,14,22,24-25H2,1-4H3/b26-15-/t31-,32+,33+,34+,35+,36-/m0/s1. The fraction of sp³-hybridized carbons (Fsp3) is 0.421. The molecule has 214 valence electrons. The van der Waals surface area contributed by atoms with Crippen LogP contribution in [0.2, 0.25) is 0 Å². The maximum absolute atomic E-state index is 11.5. The number of benzene rings is 3. The smallest absolute Gasteiger partial charge is 0.144 e. The van der Waals surface area contributed by atoms with E-state index in [0.29, 0.717) is 0 Å². The van der Waals surface area contributed by atoms with E-state index in [0.717, 1.165) is 42.4 Å². The van der Waals surface area contributed by atoms with E-state index in [1.54, 1.807) is 0 Å². The maximum Gasteiger partial charge on any atom is 0.144 e. The minimum Gasteiger partial charge on any atom is -0.390 e. The van der Waals surface area contributed by atoms with E-state index >= 15 is 0 Å². The number of hydrogen-bond acceptors (Lipinski definition) is 3. The van der Waals surface area contributed by atoms with Crippen LogP contribution in [-0.2, 0) is 15.1 Å². The Morgan fingerprint density at radius 2 is 1.32 bits per heavy atom. The second-order valence-corrected chi connectivity index (χ2v) is 13.0. The molecule has 1 fully saturated rings. The molecule has 3 aromatic rings. The van der Waals surface area contributed by atoms with Crippen LogP contribution in [0.3, 0.4) is 0 Å². The normalized spacial score (nSPS) is 29.8. The number of hydrogen-bond donors (Lipinski definition) is 1. The Morgan fingerprint density at radius 1 is 0.780 bits per heavy atom. The molecule has 0 unspecified atom stereocenters. The topological polar surface area (TPSA) is 38.7 Å². The van der Waals surface area contributed by atoms with E-state index in [-0.39, 0.29) is 36.1 Å². The molecule has 0 spiro atoms. The molecule has 0 aromatic heterocycles. The molecule has 6 atom stereocenters. The minimum atomic E-state index is -0.817. The Labute approximate surface area is 245 Å². The molecule has 0 radical (unpaired) electrons. The average Bonchev–Trinajstić information content (AvgIpc) is 3.38. The molecule has 1 aliphatic carbocycles. The molecule has 2 heterocycles. The summed E-state index contributed by atoms with van der Waals surface area (Å²) in [6.07, 6.45) is 8.12. The van der Waals surface area contributed by atoms with Crippen LogP contribution in [0.5, 0.6) is 0 Å². The molecule has 0 saturated carbocycles. The van der Waals surface area contributed by atoms with Gasteiger partial charge in [-0.3, -0.25) is 0 Å². The zero-order valence-electron chi connectivity index (χ0n) is 24.9. The van der Waals surface area contributed by atoms with Gasteiger partial charge in [0.15, 0.2) is 0 Å². The highest BCUT2D eigenvalue weighted by molar-refractivity contribution is 5.47. The first-order valence-electron chi connectivity index (χ1n) is 15.3. The average molecular weight is 549 g/mol. The van der Waals surface area contributed by atoms with Crippen LogP contribution < -0.4 is 0 Å². The molecule has 3 nitrogen and oxygen atoms in total. The Kier molecular flexibility index (Phi) is 7.80. The molecule has 2 bridgehead atoms. The summed E-state index contributed by atoms with van der Waals surface area (Å²) in [6.45, 7) is 8.45. The Hall–Kier alpha value is -2.98. The first kappa shape index (κ1) is 28.2. The summed E-state index contributed by atoms with van der Waals surface area (Å²) in [7, 11) is 0. The van der Waals surface area contributed by atoms with Gasteiger partial charge in [0.25, 0.3) is 0 Å². The summed E-state index contributed by atoms with van der Waals surface area (Å²) in [5.74, 6) is 0.554. The molecular weight excluding hydrogens is 504 g/mol. The van der Waals surface area contributed by atoms with Crippen LogP contribution in [-0.4, -0.2) is 29.0 Å². The molecule has 3 aliphatic rings. The highest BCUT2D eigenvalue weighted by Crippen LogP contribution is 2.54. The summed E-state index contributed by atoms with van der Waals surface area (Å²) in [5.41, 5.74) is 4.47. The first-order valence-corrected chi connectivity index (χ1v) is 15.3. The molecule has 2 aliphatic heterocycles. The largest absolute Gasteiger partial charge is 0.390 e. The van der Waals surface area contributed by atoms with Gasteiger partial charge in [0.05, 0.1) is 23.9 Å². The Morgan fingerprint density at radius 3 is 1.83 bits per heavy atom. The van der Waals surface area contributed by atoms with Crippen molar-refractivity contribution >= 4 is 0 Å². The van der Waals surface area contributed by atoms with Gasteiger partial charge < -0.3 is 14.6 Å². The van der Waals surface area contributed by atoms with Crippen molar-refractivity contribution in [3.63, 3.8) is 0 Å². The maximum atomic E-state index is 11.5. The fourth-order valence-electron chi connectivity index (χ4n) is 7.92. The molecule has 3 aromatic carbocycles. The van der Waals surface area contributed by atoms with Crippen molar-refractivity contribution in [2.75, 3.05) is 0 Å². The lowest BCUT2D eigenvalue weighted by Crippen LogP contribution is -2.49. The zero-order chi connectivity index (χ0) is 28.6. The van der Waals surface area contributed by atoms with E-state index in [1.807, 2.05) is 13.8 Å². The third kappa shape index (κ3) is 5.25. The van der Waals surface area contributed by atoms with Gasteiger partial charge in [-0.05, 0) is 76.0 Å². The Bertz CT molecular complexity index is 1270. The third-order valence-corrected chi connectivity index (χ3v) is 9.82. The van der Waals surface area contributed by atoms with Crippen molar-refractivity contribution < 1.29 is 14.6 Å². The molecule has 3 heteroatoms. The summed E-state index contributed by atoms with van der Waals surface area (Å²) in [4.78, 5) is 0. The van der Waals surface area contributed by atoms with Crippen LogP contribution in [0.4, 0.5) is 0 Å². The molecule has 1 N–H and O–H groups in total. The number of rotatable bonds is 6. The van der Waals surface area contributed by atoms with Crippen LogP contribution in [0.15, 0.2) is 114 Å². The van der Waals surface area contributed by atoms with Crippen LogP contribution in [0.1, 0.15) is 70.1 Å². The SMILES string of the molecule is CC1=CC[C@H](C(C)(C)O)[C@H]2[C@H]3O[C@H](C/C(C)=C\CC[C@H]3OC(c3ccccc3)(c3ccccc3)c3ccccc3)[C@@H]12. The summed E-state index contributed by atoms with van der Waals surface area (Å²) in [5, 5.41) is 11.5.